The van der Waals surface area contributed by atoms with Crippen molar-refractivity contribution in [1.82, 2.24) is 5.01 Å². The molecule has 1 aliphatic heterocycles. The fourth-order valence-electron chi connectivity index (χ4n) is 3.00. The fourth-order valence-corrected chi connectivity index (χ4v) is 3.13. The Morgan fingerprint density at radius 2 is 1.78 bits per heavy atom. The average Bonchev–Trinajstić information content (AvgIpc) is 2.64. The molecule has 1 aliphatic rings. The number of allylic oxidation sites excluding steroid dienone is 1. The van der Waals surface area contributed by atoms with Crippen LogP contribution in [0.5, 0.6) is 0 Å². The fraction of sp³-hybridized carbons (Fsp3) is 0.222. The Hall–Kier alpha value is -2.17. The topological polar surface area (TPSA) is 58.5 Å². The predicted octanol–water partition coefficient (Wildman–Crippen LogP) is 3.70. The van der Waals surface area contributed by atoms with Gasteiger partial charge in [0.15, 0.2) is 0 Å². The van der Waals surface area contributed by atoms with Gasteiger partial charge in [0.2, 0.25) is 0 Å². The van der Waals surface area contributed by atoms with E-state index >= 15 is 0 Å². The number of para-hydroxylation sites is 1. The molecule has 0 aromatic heterocycles. The number of fused-ring (bicyclic) bond motifs is 1. The molecule has 0 spiro atoms. The first kappa shape index (κ1) is 15.7. The lowest BCUT2D eigenvalue weighted by molar-refractivity contribution is 0.330. The zero-order chi connectivity index (χ0) is 16.6. The molecule has 3 rings (SSSR count). The number of hydrogen-bond donors (Lipinski definition) is 2. The summed E-state index contributed by atoms with van der Waals surface area (Å²) in [5.41, 5.74) is 10.9. The highest BCUT2D eigenvalue weighted by Gasteiger charge is 2.28. The summed E-state index contributed by atoms with van der Waals surface area (Å²) < 4.78 is 0. The minimum absolute atomic E-state index is 0.103. The summed E-state index contributed by atoms with van der Waals surface area (Å²) >= 11 is 6.03. The summed E-state index contributed by atoms with van der Waals surface area (Å²) in [6.45, 7) is 4.74. The van der Waals surface area contributed by atoms with Crippen LogP contribution in [0.1, 0.15) is 19.4 Å². The zero-order valence-corrected chi connectivity index (χ0v) is 14.1. The largest absolute Gasteiger partial charge is 0.401 e. The first-order chi connectivity index (χ1) is 11.0. The lowest BCUT2D eigenvalue weighted by Gasteiger charge is -2.29. The van der Waals surface area contributed by atoms with Crippen molar-refractivity contribution >= 4 is 28.7 Å². The van der Waals surface area contributed by atoms with Crippen molar-refractivity contribution in [1.29, 1.82) is 0 Å². The van der Waals surface area contributed by atoms with Crippen molar-refractivity contribution in [2.75, 3.05) is 11.4 Å². The molecular formula is C18H21ClN4. The van der Waals surface area contributed by atoms with E-state index < -0.39 is 0 Å². The number of benzene rings is 2. The average molecular weight is 329 g/mol. The van der Waals surface area contributed by atoms with Crippen molar-refractivity contribution in [3.8, 4) is 0 Å². The number of nitrogens with zero attached hydrogens (tertiary/aromatic N) is 2. The Balaban J connectivity index is 2.20. The number of anilines is 2. The molecule has 5 heteroatoms. The molecule has 4 nitrogen and oxygen atoms in total. The van der Waals surface area contributed by atoms with Crippen molar-refractivity contribution < 1.29 is 0 Å². The van der Waals surface area contributed by atoms with Crippen molar-refractivity contribution in [2.24, 2.45) is 11.6 Å². The highest BCUT2D eigenvalue weighted by molar-refractivity contribution is 6.30. The molecule has 0 amide bonds. The minimum Gasteiger partial charge on any atom is -0.401 e. The lowest BCUT2D eigenvalue weighted by Crippen LogP contribution is -2.42. The highest BCUT2D eigenvalue weighted by Crippen LogP contribution is 2.38. The van der Waals surface area contributed by atoms with Crippen LogP contribution in [0, 0.1) is 0 Å². The van der Waals surface area contributed by atoms with Crippen LogP contribution in [0.15, 0.2) is 54.2 Å². The molecule has 0 aliphatic carbocycles. The number of hydrogen-bond acceptors (Lipinski definition) is 4. The van der Waals surface area contributed by atoms with Gasteiger partial charge in [0.1, 0.15) is 0 Å². The second kappa shape index (κ2) is 6.14. The summed E-state index contributed by atoms with van der Waals surface area (Å²) in [6.07, 6.45) is 0. The molecule has 120 valence electrons. The summed E-state index contributed by atoms with van der Waals surface area (Å²) in [4.78, 5) is 2.26. The van der Waals surface area contributed by atoms with E-state index in [1.165, 1.54) is 0 Å². The van der Waals surface area contributed by atoms with E-state index in [4.69, 9.17) is 23.2 Å². The van der Waals surface area contributed by atoms with Gasteiger partial charge in [0.05, 0.1) is 17.4 Å². The van der Waals surface area contributed by atoms with Gasteiger partial charge in [-0.3, -0.25) is 0 Å². The van der Waals surface area contributed by atoms with Gasteiger partial charge in [-0.15, -0.1) is 0 Å². The first-order valence-corrected chi connectivity index (χ1v) is 7.99. The van der Waals surface area contributed by atoms with Gasteiger partial charge in [-0.05, 0) is 44.2 Å². The van der Waals surface area contributed by atoms with Crippen LogP contribution >= 0.6 is 11.6 Å². The third-order valence-corrected chi connectivity index (χ3v) is 4.39. The van der Waals surface area contributed by atoms with E-state index in [1.807, 2.05) is 43.3 Å². The quantitative estimate of drug-likeness (QED) is 0.784. The van der Waals surface area contributed by atoms with Gasteiger partial charge in [0, 0.05) is 28.5 Å². The van der Waals surface area contributed by atoms with Crippen molar-refractivity contribution in [2.45, 2.75) is 19.9 Å². The molecule has 0 saturated heterocycles. The highest BCUT2D eigenvalue weighted by atomic mass is 35.5. The Kier molecular flexibility index (Phi) is 4.20. The molecule has 4 N–H and O–H groups in total. The molecule has 23 heavy (non-hydrogen) atoms. The third kappa shape index (κ3) is 2.87. The minimum atomic E-state index is 0.103. The van der Waals surface area contributed by atoms with Crippen LogP contribution in [0.4, 0.5) is 11.4 Å². The lowest BCUT2D eigenvalue weighted by atomic mass is 10.1. The molecular weight excluding hydrogens is 308 g/mol. The Labute approximate surface area is 141 Å². The van der Waals surface area contributed by atoms with Crippen LogP contribution < -0.4 is 16.5 Å². The summed E-state index contributed by atoms with van der Waals surface area (Å²) in [6, 6.07) is 16.1. The molecule has 1 atom stereocenters. The molecule has 0 unspecified atom stereocenters. The summed E-state index contributed by atoms with van der Waals surface area (Å²) in [5.74, 6) is 6.35. The van der Waals surface area contributed by atoms with Crippen molar-refractivity contribution in [3.05, 3.63) is 64.8 Å². The number of hydrazine groups is 1. The van der Waals surface area contributed by atoms with E-state index in [0.29, 0.717) is 5.70 Å². The van der Waals surface area contributed by atoms with E-state index in [2.05, 4.69) is 24.0 Å². The van der Waals surface area contributed by atoms with Gasteiger partial charge in [-0.25, -0.2) is 5.84 Å². The molecule has 0 radical (unpaired) electrons. The van der Waals surface area contributed by atoms with Crippen molar-refractivity contribution in [3.63, 3.8) is 0 Å². The Morgan fingerprint density at radius 1 is 1.13 bits per heavy atom. The van der Waals surface area contributed by atoms with Crippen LogP contribution in [-0.4, -0.2) is 17.6 Å². The Bertz CT molecular complexity index is 735. The smallest absolute Gasteiger partial charge is 0.0798 e. The van der Waals surface area contributed by atoms with Crippen LogP contribution in [0.2, 0.25) is 5.02 Å². The van der Waals surface area contributed by atoms with Gasteiger partial charge >= 0.3 is 0 Å². The molecule has 0 bridgehead atoms. The number of nitrogens with two attached hydrogens (primary N) is 2. The Morgan fingerprint density at radius 3 is 2.43 bits per heavy atom. The molecule has 1 heterocycles. The third-order valence-electron chi connectivity index (χ3n) is 4.14. The van der Waals surface area contributed by atoms with E-state index in [1.54, 1.807) is 5.01 Å². The van der Waals surface area contributed by atoms with Crippen LogP contribution in [0.25, 0.3) is 5.70 Å². The maximum Gasteiger partial charge on any atom is 0.0798 e. The molecule has 0 saturated carbocycles. The van der Waals surface area contributed by atoms with Crippen LogP contribution in [-0.2, 0) is 0 Å². The summed E-state index contributed by atoms with van der Waals surface area (Å²) in [7, 11) is 0. The van der Waals surface area contributed by atoms with Crippen LogP contribution in [0.3, 0.4) is 0 Å². The van der Waals surface area contributed by atoms with E-state index in [9.17, 15) is 0 Å². The predicted molar refractivity (Wildman–Crippen MR) is 97.2 cm³/mol. The van der Waals surface area contributed by atoms with Gasteiger partial charge < -0.3 is 15.6 Å². The van der Waals surface area contributed by atoms with Gasteiger partial charge in [-0.2, -0.15) is 0 Å². The van der Waals surface area contributed by atoms with E-state index in [-0.39, 0.29) is 6.04 Å². The molecule has 0 fully saturated rings. The monoisotopic (exact) mass is 328 g/mol. The second-order valence-corrected chi connectivity index (χ2v) is 6.33. The standard InChI is InChI=1S/C18H21ClN4/c1-12-11-22(15-9-7-14(19)8-10-15)17-6-4-3-5-16(17)18(13(2)20)23(12)21/h3-10,12H,11,20-21H2,1-2H3/b18-13-/t12-/m1/s1. The van der Waals surface area contributed by atoms with Gasteiger partial charge in [0.25, 0.3) is 0 Å². The second-order valence-electron chi connectivity index (χ2n) is 5.89. The molecule has 2 aromatic carbocycles. The normalized spacial score (nSPS) is 20.1. The summed E-state index contributed by atoms with van der Waals surface area (Å²) in [5, 5.41) is 2.49. The maximum absolute atomic E-state index is 6.35. The SMILES string of the molecule is C/C(N)=C1\c2ccccc2N(c2ccc(Cl)cc2)C[C@@H](C)N1N. The maximum atomic E-state index is 6.35. The van der Waals surface area contributed by atoms with Gasteiger partial charge in [-0.1, -0.05) is 29.8 Å². The van der Waals surface area contributed by atoms with E-state index in [0.717, 1.165) is 34.2 Å². The number of halogens is 1. The number of rotatable bonds is 1. The molecule has 2 aromatic rings. The first-order valence-electron chi connectivity index (χ1n) is 7.62. The zero-order valence-electron chi connectivity index (χ0n) is 13.3.